The van der Waals surface area contributed by atoms with Crippen LogP contribution in [0.2, 0.25) is 0 Å². The van der Waals surface area contributed by atoms with Crippen LogP contribution in [0, 0.1) is 12.5 Å². The molecule has 0 aliphatic heterocycles. The minimum Gasteiger partial charge on any atom is -0.379 e. The molecule has 52 heavy (non-hydrogen) atoms. The monoisotopic (exact) mass is 739 g/mol. The summed E-state index contributed by atoms with van der Waals surface area (Å²) in [6.07, 6.45) is 0.268. The Morgan fingerprint density at radius 1 is 0.577 bits per heavy atom. The van der Waals surface area contributed by atoms with E-state index < -0.39 is 0 Å². The van der Waals surface area contributed by atoms with Gasteiger partial charge in [-0.15, -0.1) is 20.4 Å². The predicted molar refractivity (Wildman–Crippen MR) is 185 cm³/mol. The van der Waals surface area contributed by atoms with Gasteiger partial charge in [0.15, 0.2) is 5.82 Å². The van der Waals surface area contributed by atoms with Crippen LogP contribution in [0.1, 0.15) is 17.8 Å². The van der Waals surface area contributed by atoms with Crippen LogP contribution in [-0.2, 0) is 58.7 Å². The lowest BCUT2D eigenvalue weighted by Crippen LogP contribution is -2.24. The van der Waals surface area contributed by atoms with Crippen LogP contribution in [0.15, 0.2) is 29.4 Å². The van der Waals surface area contributed by atoms with E-state index in [-0.39, 0.29) is 12.3 Å². The second kappa shape index (κ2) is 33.4. The SMILES string of the molecule is Cc1nnc(-c2ccc(CNC(=O)CCOCCOCCOCCOCCOCCOCCOCCOCCOCCOCCN=[N+]=N)cc2)nn1. The number of benzene rings is 1. The Hall–Kier alpha value is -3.46. The highest BCUT2D eigenvalue weighted by Crippen LogP contribution is 2.14. The molecule has 0 spiro atoms. The van der Waals surface area contributed by atoms with Crippen LogP contribution in [0.25, 0.3) is 11.4 Å². The molecule has 0 bridgehead atoms. The van der Waals surface area contributed by atoms with E-state index >= 15 is 0 Å². The maximum Gasteiger partial charge on any atom is 0.222 e. The Kier molecular flexibility index (Phi) is 28.7. The molecule has 0 unspecified atom stereocenters. The molecule has 0 saturated carbocycles. The van der Waals surface area contributed by atoms with Gasteiger partial charge in [0.25, 0.3) is 0 Å². The first-order chi connectivity index (χ1) is 25.7. The summed E-state index contributed by atoms with van der Waals surface area (Å²) in [6.45, 7) is 11.8. The largest absolute Gasteiger partial charge is 0.379 e. The van der Waals surface area contributed by atoms with Gasteiger partial charge in [-0.3, -0.25) is 4.79 Å². The lowest BCUT2D eigenvalue weighted by molar-refractivity contribution is -0.122. The average molecular weight is 740 g/mol. The number of aromatic nitrogens is 4. The highest BCUT2D eigenvalue weighted by molar-refractivity contribution is 5.76. The van der Waals surface area contributed by atoms with Gasteiger partial charge in [-0.25, -0.2) is 0 Å². The zero-order valence-electron chi connectivity index (χ0n) is 30.2. The number of amides is 1. The van der Waals surface area contributed by atoms with Crippen LogP contribution in [0.4, 0.5) is 0 Å². The Morgan fingerprint density at radius 3 is 1.33 bits per heavy atom. The highest BCUT2D eigenvalue weighted by atomic mass is 16.6. The fraction of sp³-hybridized carbons (Fsp3) is 0.727. The van der Waals surface area contributed by atoms with E-state index in [4.69, 9.17) is 52.9 Å². The van der Waals surface area contributed by atoms with Crippen molar-refractivity contribution in [1.82, 2.24) is 30.6 Å². The summed E-state index contributed by atoms with van der Waals surface area (Å²) in [5.74, 6) is 0.882. The molecule has 2 rings (SSSR count). The molecule has 2 aromatic rings. The zero-order valence-corrected chi connectivity index (χ0v) is 30.2. The van der Waals surface area contributed by atoms with Gasteiger partial charge in [0.05, 0.1) is 132 Å². The van der Waals surface area contributed by atoms with Crippen LogP contribution < -0.4 is 10.2 Å². The minimum atomic E-state index is -0.0888. The number of ether oxygens (including phenoxy) is 10. The smallest absolute Gasteiger partial charge is 0.222 e. The lowest BCUT2D eigenvalue weighted by atomic mass is 10.1. The summed E-state index contributed by atoms with van der Waals surface area (Å²) < 4.78 is 54.4. The summed E-state index contributed by atoms with van der Waals surface area (Å²) >= 11 is 0. The topological polar surface area (TPSA) is 223 Å². The molecule has 1 aromatic carbocycles. The van der Waals surface area contributed by atoms with E-state index in [9.17, 15) is 4.79 Å². The average Bonchev–Trinajstić information content (AvgIpc) is 3.16. The normalized spacial score (nSPS) is 11.1. The molecule has 0 fully saturated rings. The first-order valence-corrected chi connectivity index (χ1v) is 17.4. The molecule has 0 aliphatic carbocycles. The van der Waals surface area contributed by atoms with Crippen molar-refractivity contribution >= 4 is 5.91 Å². The van der Waals surface area contributed by atoms with Gasteiger partial charge < -0.3 is 52.7 Å². The second-order valence-electron chi connectivity index (χ2n) is 10.6. The van der Waals surface area contributed by atoms with Gasteiger partial charge in [0, 0.05) is 18.5 Å². The minimum absolute atomic E-state index is 0.0888. The molecule has 2 N–H and O–H groups in total. The van der Waals surface area contributed by atoms with Crippen LogP contribution in [0.3, 0.4) is 0 Å². The molecular formula is C33H55N8O11+. The van der Waals surface area contributed by atoms with Crippen molar-refractivity contribution in [3.63, 3.8) is 0 Å². The molecule has 1 aromatic heterocycles. The maximum atomic E-state index is 12.1. The number of hydrogen-bond donors (Lipinski definition) is 2. The van der Waals surface area contributed by atoms with Crippen LogP contribution >= 0.6 is 0 Å². The Labute approximate surface area is 304 Å². The summed E-state index contributed by atoms with van der Waals surface area (Å²) in [4.78, 5) is 15.0. The summed E-state index contributed by atoms with van der Waals surface area (Å²) in [5.41, 5.74) is 8.28. The van der Waals surface area contributed by atoms with E-state index in [0.717, 1.165) is 11.1 Å². The molecule has 19 heteroatoms. The summed E-state index contributed by atoms with van der Waals surface area (Å²) in [6, 6.07) is 7.55. The number of carbonyl (C=O) groups excluding carboxylic acids is 1. The van der Waals surface area contributed by atoms with Crippen molar-refractivity contribution in [2.24, 2.45) is 5.11 Å². The van der Waals surface area contributed by atoms with Gasteiger partial charge in [-0.2, -0.15) is 0 Å². The summed E-state index contributed by atoms with van der Waals surface area (Å²) in [5, 5.41) is 22.2. The molecule has 19 nitrogen and oxygen atoms in total. The Bertz CT molecular complexity index is 1180. The van der Waals surface area contributed by atoms with Gasteiger partial charge in [-0.1, -0.05) is 24.3 Å². The van der Waals surface area contributed by atoms with Gasteiger partial charge in [0.2, 0.25) is 16.6 Å². The third kappa shape index (κ3) is 26.3. The second-order valence-corrected chi connectivity index (χ2v) is 10.6. The van der Waals surface area contributed by atoms with Crippen molar-refractivity contribution in [1.29, 1.82) is 5.53 Å². The van der Waals surface area contributed by atoms with Gasteiger partial charge >= 0.3 is 0 Å². The van der Waals surface area contributed by atoms with Crippen molar-refractivity contribution in [2.75, 3.05) is 139 Å². The van der Waals surface area contributed by atoms with E-state index in [1.165, 1.54) is 0 Å². The molecule has 1 heterocycles. The van der Waals surface area contributed by atoms with Crippen molar-refractivity contribution in [3.05, 3.63) is 35.7 Å². The fourth-order valence-corrected chi connectivity index (χ4v) is 3.86. The molecule has 0 atom stereocenters. The third-order valence-electron chi connectivity index (χ3n) is 6.51. The maximum absolute atomic E-state index is 12.1. The van der Waals surface area contributed by atoms with Crippen molar-refractivity contribution in [2.45, 2.75) is 19.9 Å². The first kappa shape index (κ1) is 44.7. The zero-order chi connectivity index (χ0) is 37.0. The van der Waals surface area contributed by atoms with Crippen molar-refractivity contribution in [3.8, 4) is 11.4 Å². The molecule has 1 amide bonds. The summed E-state index contributed by atoms with van der Waals surface area (Å²) in [7, 11) is 0. The Balaban J connectivity index is 1.21. The number of rotatable bonds is 36. The van der Waals surface area contributed by atoms with E-state index in [0.29, 0.717) is 157 Å². The quantitative estimate of drug-likeness (QED) is 0.0564. The number of carbonyl (C=O) groups is 1. The highest BCUT2D eigenvalue weighted by Gasteiger charge is 2.05. The molecule has 0 aliphatic rings. The van der Waals surface area contributed by atoms with E-state index in [1.54, 1.807) is 6.92 Å². The fourth-order valence-electron chi connectivity index (χ4n) is 3.86. The standard InChI is InChI=1S/C33H54N8O11/c1-29-37-39-33(40-38-29)31-4-2-30(3-5-31)28-35-32(42)6-8-43-10-12-45-14-16-47-18-20-49-22-24-51-26-27-52-25-23-50-21-19-48-17-15-46-13-11-44-9-7-36-41-34/h2-5,34H,6-28H2,1H3/p+1. The number of nitrogens with one attached hydrogen (secondary N) is 2. The molecular weight excluding hydrogens is 684 g/mol. The lowest BCUT2D eigenvalue weighted by Gasteiger charge is -2.09. The van der Waals surface area contributed by atoms with Gasteiger partial charge in [-0.05, 0) is 12.5 Å². The third-order valence-corrected chi connectivity index (χ3v) is 6.51. The van der Waals surface area contributed by atoms with Crippen molar-refractivity contribution < 1.29 is 52.2 Å². The predicted octanol–water partition coefficient (Wildman–Crippen LogP) is 0.965. The molecule has 0 radical (unpaired) electrons. The molecule has 0 saturated heterocycles. The number of nitrogens with zero attached hydrogens (tertiary/aromatic N) is 6. The number of hydrogen-bond acceptors (Lipinski definition) is 17. The number of aryl methyl sites for hydroxylation is 1. The Morgan fingerprint density at radius 2 is 0.942 bits per heavy atom. The van der Waals surface area contributed by atoms with Gasteiger partial charge in [0.1, 0.15) is 17.2 Å². The van der Waals surface area contributed by atoms with Crippen LogP contribution in [-0.4, -0.2) is 165 Å². The van der Waals surface area contributed by atoms with E-state index in [1.807, 2.05) is 24.3 Å². The van der Waals surface area contributed by atoms with E-state index in [2.05, 4.69) is 35.7 Å². The molecule has 292 valence electrons. The van der Waals surface area contributed by atoms with Crippen LogP contribution in [0.5, 0.6) is 0 Å². The first-order valence-electron chi connectivity index (χ1n) is 17.4.